The molecule has 0 aromatic rings. The van der Waals surface area contributed by atoms with Crippen molar-refractivity contribution in [3.63, 3.8) is 0 Å². The highest BCUT2D eigenvalue weighted by molar-refractivity contribution is 6.30. The Morgan fingerprint density at radius 3 is 2.47 bits per heavy atom. The normalized spacial score (nSPS) is 24.4. The molecule has 0 unspecified atom stereocenters. The van der Waals surface area contributed by atoms with E-state index in [9.17, 15) is 0 Å². The van der Waals surface area contributed by atoms with Gasteiger partial charge in [0, 0.05) is 24.4 Å². The Hall–Kier alpha value is -0.610. The summed E-state index contributed by atoms with van der Waals surface area (Å²) in [7, 11) is 0. The summed E-state index contributed by atoms with van der Waals surface area (Å²) >= 11 is 5.91. The molecule has 0 bridgehead atoms. The molecule has 0 aromatic carbocycles. The number of hydrogen-bond donors (Lipinski definition) is 1. The molecule has 1 aliphatic carbocycles. The Balaban J connectivity index is 2.00. The van der Waals surface area contributed by atoms with Crippen LogP contribution in [0.3, 0.4) is 0 Å². The molecule has 1 heterocycles. The Morgan fingerprint density at radius 2 is 1.95 bits per heavy atom. The zero-order valence-electron chi connectivity index (χ0n) is 11.2. The second-order valence-electron chi connectivity index (χ2n) is 5.11. The van der Waals surface area contributed by atoms with Gasteiger partial charge in [-0.05, 0) is 30.4 Å². The maximum Gasteiger partial charge on any atom is 0.168 e. The minimum atomic E-state index is -0.308. The van der Waals surface area contributed by atoms with Crippen LogP contribution in [0, 0.1) is 5.92 Å². The van der Waals surface area contributed by atoms with Gasteiger partial charge in [0.25, 0.3) is 0 Å². The summed E-state index contributed by atoms with van der Waals surface area (Å²) in [4.78, 5) is 0. The van der Waals surface area contributed by atoms with Gasteiger partial charge in [-0.3, -0.25) is 0 Å². The van der Waals surface area contributed by atoms with Crippen molar-refractivity contribution in [3.8, 4) is 0 Å². The molecule has 1 spiro atoms. The summed E-state index contributed by atoms with van der Waals surface area (Å²) in [5, 5.41) is 0.560. The number of halogens is 1. The molecule has 0 aromatic heterocycles. The molecule has 106 valence electrons. The zero-order valence-corrected chi connectivity index (χ0v) is 12.0. The minimum absolute atomic E-state index is 0.308. The summed E-state index contributed by atoms with van der Waals surface area (Å²) < 4.78 is 11.5. The molecule has 2 fully saturated rings. The third-order valence-electron chi connectivity index (χ3n) is 3.80. The van der Waals surface area contributed by atoms with Gasteiger partial charge in [0.05, 0.1) is 13.2 Å². The van der Waals surface area contributed by atoms with Crippen molar-refractivity contribution >= 4 is 11.6 Å². The summed E-state index contributed by atoms with van der Waals surface area (Å²) in [5.41, 5.74) is 6.73. The van der Waals surface area contributed by atoms with E-state index in [1.165, 1.54) is 5.57 Å². The van der Waals surface area contributed by atoms with Crippen molar-refractivity contribution in [1.82, 2.24) is 0 Å². The van der Waals surface area contributed by atoms with Crippen LogP contribution < -0.4 is 5.73 Å². The molecule has 1 aliphatic heterocycles. The van der Waals surface area contributed by atoms with Gasteiger partial charge in [0.15, 0.2) is 5.79 Å². The van der Waals surface area contributed by atoms with E-state index in [-0.39, 0.29) is 5.79 Å². The molecule has 3 nitrogen and oxygen atoms in total. The fourth-order valence-corrected chi connectivity index (χ4v) is 2.99. The van der Waals surface area contributed by atoms with Gasteiger partial charge >= 0.3 is 0 Å². The van der Waals surface area contributed by atoms with E-state index < -0.39 is 0 Å². The maximum absolute atomic E-state index is 5.91. The number of allylic oxidation sites excluding steroid dienone is 4. The third kappa shape index (κ3) is 3.93. The largest absolute Gasteiger partial charge is 0.348 e. The first-order chi connectivity index (χ1) is 9.15. The molecular weight excluding hydrogens is 262 g/mol. The fraction of sp³-hybridized carbons (Fsp3) is 0.600. The summed E-state index contributed by atoms with van der Waals surface area (Å²) in [6.45, 7) is 5.72. The lowest BCUT2D eigenvalue weighted by Crippen LogP contribution is -2.35. The number of hydrogen-bond acceptors (Lipinski definition) is 3. The van der Waals surface area contributed by atoms with Crippen LogP contribution in [0.25, 0.3) is 0 Å². The lowest BCUT2D eigenvalue weighted by molar-refractivity contribution is -0.180. The van der Waals surface area contributed by atoms with E-state index >= 15 is 0 Å². The van der Waals surface area contributed by atoms with Gasteiger partial charge in [-0.15, -0.1) is 0 Å². The van der Waals surface area contributed by atoms with Crippen molar-refractivity contribution < 1.29 is 9.47 Å². The van der Waals surface area contributed by atoms with Gasteiger partial charge in [-0.25, -0.2) is 0 Å². The summed E-state index contributed by atoms with van der Waals surface area (Å²) in [6.07, 6.45) is 9.94. The number of nitrogens with two attached hydrogens (primary N) is 1. The van der Waals surface area contributed by atoms with E-state index in [0.29, 0.717) is 17.5 Å². The Bertz CT molecular complexity index is 374. The zero-order chi connectivity index (χ0) is 13.7. The van der Waals surface area contributed by atoms with Gasteiger partial charge < -0.3 is 15.2 Å². The van der Waals surface area contributed by atoms with Crippen LogP contribution in [0.2, 0.25) is 0 Å². The average molecular weight is 284 g/mol. The predicted octanol–water partition coefficient (Wildman–Crippen LogP) is 3.11. The van der Waals surface area contributed by atoms with Crippen molar-refractivity contribution in [2.24, 2.45) is 11.7 Å². The topological polar surface area (TPSA) is 44.5 Å². The average Bonchev–Trinajstić information content (AvgIpc) is 2.84. The highest BCUT2D eigenvalue weighted by Crippen LogP contribution is 2.41. The Kier molecular flexibility index (Phi) is 5.22. The molecule has 1 saturated heterocycles. The maximum atomic E-state index is 5.91. The van der Waals surface area contributed by atoms with Crippen LogP contribution in [0.4, 0.5) is 0 Å². The first kappa shape index (κ1) is 14.8. The molecule has 0 radical (unpaired) electrons. The lowest BCUT2D eigenvalue weighted by Gasteiger charge is -2.35. The van der Waals surface area contributed by atoms with Gasteiger partial charge in [0.2, 0.25) is 0 Å². The third-order valence-corrected chi connectivity index (χ3v) is 3.91. The van der Waals surface area contributed by atoms with Crippen molar-refractivity contribution in [2.45, 2.75) is 31.5 Å². The highest BCUT2D eigenvalue weighted by Gasteiger charge is 2.40. The fourth-order valence-electron chi connectivity index (χ4n) is 2.86. The van der Waals surface area contributed by atoms with E-state index in [2.05, 4.69) is 12.7 Å². The minimum Gasteiger partial charge on any atom is -0.348 e. The molecule has 2 aliphatic rings. The first-order valence-corrected chi connectivity index (χ1v) is 7.23. The van der Waals surface area contributed by atoms with E-state index in [0.717, 1.165) is 38.9 Å². The van der Waals surface area contributed by atoms with Crippen LogP contribution in [0.1, 0.15) is 25.7 Å². The summed E-state index contributed by atoms with van der Waals surface area (Å²) in [6, 6.07) is 0. The van der Waals surface area contributed by atoms with E-state index in [1.807, 2.05) is 12.2 Å². The molecule has 0 amide bonds. The summed E-state index contributed by atoms with van der Waals surface area (Å²) in [5.74, 6) is 0.175. The number of rotatable bonds is 4. The molecule has 2 rings (SSSR count). The molecule has 0 atom stereocenters. The van der Waals surface area contributed by atoms with Crippen molar-refractivity contribution in [2.75, 3.05) is 19.8 Å². The first-order valence-electron chi connectivity index (χ1n) is 6.86. The SMILES string of the molecule is C=C(Cl)/C=C(\C=C/CN)C1CCC2(CC1)OCCO2. The van der Waals surface area contributed by atoms with Crippen LogP contribution in [0.15, 0.2) is 35.4 Å². The molecule has 1 saturated carbocycles. The Morgan fingerprint density at radius 1 is 1.32 bits per heavy atom. The molecule has 19 heavy (non-hydrogen) atoms. The van der Waals surface area contributed by atoms with Crippen molar-refractivity contribution in [1.29, 1.82) is 0 Å². The predicted molar refractivity (Wildman–Crippen MR) is 77.9 cm³/mol. The molecule has 2 N–H and O–H groups in total. The van der Waals surface area contributed by atoms with Gasteiger partial charge in [-0.1, -0.05) is 30.3 Å². The second-order valence-corrected chi connectivity index (χ2v) is 5.60. The van der Waals surface area contributed by atoms with Crippen LogP contribution in [-0.2, 0) is 9.47 Å². The van der Waals surface area contributed by atoms with Gasteiger partial charge in [-0.2, -0.15) is 0 Å². The lowest BCUT2D eigenvalue weighted by atomic mass is 9.80. The van der Waals surface area contributed by atoms with Crippen LogP contribution in [0.5, 0.6) is 0 Å². The number of ether oxygens (including phenoxy) is 2. The second kappa shape index (κ2) is 6.71. The quantitative estimate of drug-likeness (QED) is 0.806. The molecule has 4 heteroatoms. The standard InChI is InChI=1S/C15H22ClNO2/c1-12(16)11-14(3-2-8-17)13-4-6-15(7-5-13)18-9-10-19-15/h2-3,11,13H,1,4-10,17H2/b3-2-,14-11+. The van der Waals surface area contributed by atoms with Crippen LogP contribution >= 0.6 is 11.6 Å². The molecular formula is C15H22ClNO2. The van der Waals surface area contributed by atoms with E-state index in [1.54, 1.807) is 0 Å². The van der Waals surface area contributed by atoms with Crippen LogP contribution in [-0.4, -0.2) is 25.5 Å². The van der Waals surface area contributed by atoms with Gasteiger partial charge in [0.1, 0.15) is 0 Å². The van der Waals surface area contributed by atoms with Crippen molar-refractivity contribution in [3.05, 3.63) is 35.4 Å². The highest BCUT2D eigenvalue weighted by atomic mass is 35.5. The monoisotopic (exact) mass is 283 g/mol. The van der Waals surface area contributed by atoms with E-state index in [4.69, 9.17) is 26.8 Å². The Labute approximate surface area is 120 Å². The smallest absolute Gasteiger partial charge is 0.168 e.